The van der Waals surface area contributed by atoms with Crippen molar-refractivity contribution in [2.45, 2.75) is 29.4 Å². The molecule has 1 aromatic rings. The van der Waals surface area contributed by atoms with Crippen molar-refractivity contribution in [1.82, 2.24) is 0 Å². The van der Waals surface area contributed by atoms with Gasteiger partial charge in [0.15, 0.2) is 9.84 Å². The predicted molar refractivity (Wildman–Crippen MR) is 75.3 cm³/mol. The minimum atomic E-state index is -3.37. The lowest BCUT2D eigenvalue weighted by atomic mass is 9.98. The van der Waals surface area contributed by atoms with Gasteiger partial charge in [0.05, 0.1) is 23.1 Å². The van der Waals surface area contributed by atoms with Gasteiger partial charge in [-0.3, -0.25) is 0 Å². The number of hydrogen-bond donors (Lipinski definition) is 1. The third-order valence-electron chi connectivity index (χ3n) is 3.48. The first-order valence-electron chi connectivity index (χ1n) is 6.28. The molecule has 1 fully saturated rings. The second-order valence-corrected chi connectivity index (χ2v) is 7.48. The molecule has 0 radical (unpaired) electrons. The monoisotopic (exact) mass is 303 g/mol. The summed E-state index contributed by atoms with van der Waals surface area (Å²) in [5, 5.41) is -0.175. The van der Waals surface area contributed by atoms with E-state index in [0.29, 0.717) is 6.54 Å². The lowest BCUT2D eigenvalue weighted by molar-refractivity contribution is 0.0416. The van der Waals surface area contributed by atoms with E-state index in [1.807, 2.05) is 13.0 Å². The van der Waals surface area contributed by atoms with Crippen LogP contribution < -0.4 is 5.73 Å². The van der Waals surface area contributed by atoms with Crippen LogP contribution in [0.15, 0.2) is 23.1 Å². The van der Waals surface area contributed by atoms with Gasteiger partial charge in [-0.15, -0.1) is 0 Å². The lowest BCUT2D eigenvalue weighted by Crippen LogP contribution is -2.40. The van der Waals surface area contributed by atoms with Crippen LogP contribution in [0.5, 0.6) is 0 Å². The van der Waals surface area contributed by atoms with Crippen LogP contribution in [0.4, 0.5) is 0 Å². The number of ether oxygens (including phenoxy) is 1. The summed E-state index contributed by atoms with van der Waals surface area (Å²) in [6.45, 7) is 3.15. The molecule has 1 saturated heterocycles. The molecular formula is C13H18ClNO3S. The van der Waals surface area contributed by atoms with Crippen molar-refractivity contribution in [2.24, 2.45) is 5.73 Å². The van der Waals surface area contributed by atoms with Gasteiger partial charge in [-0.05, 0) is 36.6 Å². The molecular weight excluding hydrogens is 286 g/mol. The maximum absolute atomic E-state index is 12.3. The number of nitrogens with two attached hydrogens (primary N) is 1. The summed E-state index contributed by atoms with van der Waals surface area (Å²) in [5.74, 6) is 0.270. The molecule has 2 rings (SSSR count). The largest absolute Gasteiger partial charge is 0.379 e. The Kier molecular flexibility index (Phi) is 4.50. The molecule has 1 aliphatic heterocycles. The van der Waals surface area contributed by atoms with E-state index in [2.05, 4.69) is 0 Å². The maximum Gasteiger partial charge on any atom is 0.187 e. The molecule has 1 heterocycles. The van der Waals surface area contributed by atoms with E-state index in [9.17, 15) is 8.42 Å². The zero-order valence-corrected chi connectivity index (χ0v) is 12.4. The van der Waals surface area contributed by atoms with E-state index >= 15 is 0 Å². The number of halogens is 1. The van der Waals surface area contributed by atoms with Crippen LogP contribution in [0.2, 0.25) is 5.02 Å². The lowest BCUT2D eigenvalue weighted by Gasteiger charge is -2.26. The van der Waals surface area contributed by atoms with Crippen molar-refractivity contribution in [3.05, 3.63) is 28.8 Å². The molecule has 1 atom stereocenters. The average Bonchev–Trinajstić information content (AvgIpc) is 2.25. The van der Waals surface area contributed by atoms with Gasteiger partial charge in [0.25, 0.3) is 0 Å². The van der Waals surface area contributed by atoms with E-state index in [1.165, 1.54) is 0 Å². The Morgan fingerprint density at radius 3 is 2.63 bits per heavy atom. The molecule has 1 aromatic carbocycles. The van der Waals surface area contributed by atoms with E-state index in [1.54, 1.807) is 12.1 Å². The van der Waals surface area contributed by atoms with Crippen molar-refractivity contribution in [2.75, 3.05) is 19.8 Å². The average molecular weight is 304 g/mol. The Balaban J connectivity index is 2.29. The Hall–Kier alpha value is -0.620. The summed E-state index contributed by atoms with van der Waals surface area (Å²) < 4.78 is 29.5. The van der Waals surface area contributed by atoms with Gasteiger partial charge in [0.2, 0.25) is 0 Å². The third-order valence-corrected chi connectivity index (χ3v) is 6.02. The minimum absolute atomic E-state index is 0.200. The molecule has 2 N–H and O–H groups in total. The number of benzene rings is 1. The maximum atomic E-state index is 12.3. The second-order valence-electron chi connectivity index (χ2n) is 4.87. The Morgan fingerprint density at radius 1 is 1.47 bits per heavy atom. The van der Waals surface area contributed by atoms with Crippen LogP contribution in [0.25, 0.3) is 0 Å². The summed E-state index contributed by atoms with van der Waals surface area (Å²) in [5.41, 5.74) is 6.54. The highest BCUT2D eigenvalue weighted by atomic mass is 35.5. The first-order valence-corrected chi connectivity index (χ1v) is 8.20. The van der Waals surface area contributed by atoms with Crippen LogP contribution >= 0.6 is 11.6 Å². The first kappa shape index (κ1) is 14.8. The molecule has 1 aliphatic rings. The fraction of sp³-hybridized carbons (Fsp3) is 0.538. The zero-order valence-electron chi connectivity index (χ0n) is 10.8. The van der Waals surface area contributed by atoms with Crippen molar-refractivity contribution < 1.29 is 13.2 Å². The van der Waals surface area contributed by atoms with E-state index in [0.717, 1.165) is 12.0 Å². The van der Waals surface area contributed by atoms with Crippen LogP contribution in [0, 0.1) is 0 Å². The summed E-state index contributed by atoms with van der Waals surface area (Å²) in [6, 6.07) is 5.14. The summed E-state index contributed by atoms with van der Waals surface area (Å²) >= 11 is 6.13. The summed E-state index contributed by atoms with van der Waals surface area (Å²) in [7, 11) is -3.37. The summed E-state index contributed by atoms with van der Waals surface area (Å²) in [4.78, 5) is 0.200. The second kappa shape index (κ2) is 5.79. The molecule has 19 heavy (non-hydrogen) atoms. The predicted octanol–water partition coefficient (Wildman–Crippen LogP) is 1.96. The Bertz CT molecular complexity index is 555. The third kappa shape index (κ3) is 2.94. The van der Waals surface area contributed by atoms with Gasteiger partial charge < -0.3 is 10.5 Å². The summed E-state index contributed by atoms with van der Waals surface area (Å²) in [6.07, 6.45) is 0.846. The van der Waals surface area contributed by atoms with Gasteiger partial charge >= 0.3 is 0 Å². The van der Waals surface area contributed by atoms with Gasteiger partial charge in [-0.1, -0.05) is 24.6 Å². The molecule has 0 aliphatic carbocycles. The van der Waals surface area contributed by atoms with Crippen molar-refractivity contribution in [3.63, 3.8) is 0 Å². The SMILES string of the molecule is CC(CCN)c1ccc(S(=O)(=O)C2COC2)c(Cl)c1. The van der Waals surface area contributed by atoms with Crippen LogP contribution in [0.3, 0.4) is 0 Å². The van der Waals surface area contributed by atoms with Gasteiger partial charge in [0.1, 0.15) is 5.25 Å². The molecule has 0 bridgehead atoms. The molecule has 0 saturated carbocycles. The highest BCUT2D eigenvalue weighted by Crippen LogP contribution is 2.31. The van der Waals surface area contributed by atoms with Crippen LogP contribution in [-0.4, -0.2) is 33.4 Å². The molecule has 0 amide bonds. The van der Waals surface area contributed by atoms with Crippen molar-refractivity contribution in [1.29, 1.82) is 0 Å². The molecule has 6 heteroatoms. The highest BCUT2D eigenvalue weighted by molar-refractivity contribution is 7.92. The zero-order chi connectivity index (χ0) is 14.0. The molecule has 106 valence electrons. The number of sulfone groups is 1. The molecule has 4 nitrogen and oxygen atoms in total. The Morgan fingerprint density at radius 2 is 2.16 bits per heavy atom. The van der Waals surface area contributed by atoms with Crippen molar-refractivity contribution in [3.8, 4) is 0 Å². The first-order chi connectivity index (χ1) is 8.96. The van der Waals surface area contributed by atoms with Gasteiger partial charge in [-0.25, -0.2) is 8.42 Å². The molecule has 0 aromatic heterocycles. The Labute approximate surface area is 118 Å². The quantitative estimate of drug-likeness (QED) is 0.903. The standard InChI is InChI=1S/C13H18ClNO3S/c1-9(4-5-15)10-2-3-13(12(14)6-10)19(16,17)11-7-18-8-11/h2-3,6,9,11H,4-5,7-8,15H2,1H3. The highest BCUT2D eigenvalue weighted by Gasteiger charge is 2.35. The van der Waals surface area contributed by atoms with Gasteiger partial charge in [-0.2, -0.15) is 0 Å². The van der Waals surface area contributed by atoms with E-state index in [4.69, 9.17) is 22.1 Å². The fourth-order valence-corrected chi connectivity index (χ4v) is 4.05. The smallest absolute Gasteiger partial charge is 0.187 e. The van der Waals surface area contributed by atoms with Gasteiger partial charge in [0, 0.05) is 0 Å². The molecule has 1 unspecified atom stereocenters. The van der Waals surface area contributed by atoms with E-state index in [-0.39, 0.29) is 29.0 Å². The fourth-order valence-electron chi connectivity index (χ4n) is 2.04. The van der Waals surface area contributed by atoms with E-state index < -0.39 is 15.1 Å². The topological polar surface area (TPSA) is 69.4 Å². The normalized spacial score (nSPS) is 18.1. The minimum Gasteiger partial charge on any atom is -0.379 e. The van der Waals surface area contributed by atoms with Crippen LogP contribution in [-0.2, 0) is 14.6 Å². The molecule has 0 spiro atoms. The number of hydrogen-bond acceptors (Lipinski definition) is 4. The van der Waals surface area contributed by atoms with Crippen LogP contribution in [0.1, 0.15) is 24.8 Å². The number of rotatable bonds is 5. The van der Waals surface area contributed by atoms with Crippen molar-refractivity contribution >= 4 is 21.4 Å².